The van der Waals surface area contributed by atoms with E-state index in [1.807, 2.05) is 73.7 Å². The molecule has 0 saturated heterocycles. The van der Waals surface area contributed by atoms with Crippen molar-refractivity contribution in [3.63, 3.8) is 0 Å². The molecule has 0 fully saturated rings. The number of rotatable bonds is 25. The Morgan fingerprint density at radius 3 is 0.632 bits per heavy atom. The van der Waals surface area contributed by atoms with Gasteiger partial charge in [0.25, 0.3) is 0 Å². The van der Waals surface area contributed by atoms with Crippen molar-refractivity contribution in [2.24, 2.45) is 0 Å². The predicted octanol–water partition coefficient (Wildman–Crippen LogP) is 26.9. The first-order valence-electron chi connectivity index (χ1n) is 44.0. The summed E-state index contributed by atoms with van der Waals surface area (Å²) in [5.41, 5.74) is 6.89. The van der Waals surface area contributed by atoms with Crippen LogP contribution in [0.15, 0.2) is 473 Å². The number of halogens is 1. The molecular weight excluding hydrogens is 1910 g/mol. The molecule has 0 aliphatic heterocycles. The van der Waals surface area contributed by atoms with Gasteiger partial charge in [-0.1, -0.05) is 423 Å². The van der Waals surface area contributed by atoms with Gasteiger partial charge in [-0.15, -0.1) is 20.4 Å². The average molecular weight is 2040 g/mol. The minimum atomic E-state index is -2.25. The van der Waals surface area contributed by atoms with Gasteiger partial charge in [-0.2, -0.15) is 0 Å². The van der Waals surface area contributed by atoms with Crippen molar-refractivity contribution in [2.45, 2.75) is 116 Å². The molecular formula is C118H127ClN8P4PdSn. The van der Waals surface area contributed by atoms with Crippen LogP contribution in [0.4, 0.5) is 0 Å². The molecule has 15 heteroatoms. The summed E-state index contributed by atoms with van der Waals surface area (Å²) in [7, 11) is -1.78. The SMILES string of the molecule is C.C.C.C.CCC[CH2][Sn]([CH2]CCC)([CH2]CCC)[c]1cccc(C)n1.Cc1cccc(-c2ccc(-c3ccccn3)nn2)n1.Clc1ccc(-c2ccccn2)nn1.[Pd].c1ccc(P(c2ccccc2)c2ccccc2)cc1.c1ccc(P(c2ccccc2)c2ccccc2)cc1.c1ccc(P(c2ccccc2)c2ccccc2)cc1.c1ccc(P(c2ccccc2)c2ccccc2)cc1. The zero-order valence-corrected chi connectivity index (χ0v) is 82.7. The van der Waals surface area contributed by atoms with Gasteiger partial charge in [0.15, 0.2) is 5.15 Å². The molecule has 680 valence electrons. The Morgan fingerprint density at radius 2 is 0.429 bits per heavy atom. The van der Waals surface area contributed by atoms with Crippen LogP contribution < -0.4 is 67.4 Å². The van der Waals surface area contributed by atoms with Gasteiger partial charge in [0, 0.05) is 38.5 Å². The van der Waals surface area contributed by atoms with Gasteiger partial charge in [-0.3, -0.25) is 15.0 Å². The van der Waals surface area contributed by atoms with E-state index in [1.54, 1.807) is 28.2 Å². The summed E-state index contributed by atoms with van der Waals surface area (Å²) < 4.78 is 6.11. The van der Waals surface area contributed by atoms with Gasteiger partial charge in [-0.05, 0) is 163 Å². The van der Waals surface area contributed by atoms with E-state index in [4.69, 9.17) is 16.6 Å². The fourth-order valence-corrected chi connectivity index (χ4v) is 39.6. The molecule has 0 radical (unpaired) electrons. The van der Waals surface area contributed by atoms with Crippen molar-refractivity contribution < 1.29 is 20.4 Å². The molecule has 0 unspecified atom stereocenters. The summed E-state index contributed by atoms with van der Waals surface area (Å²) in [4.78, 5) is 17.8. The van der Waals surface area contributed by atoms with E-state index < -0.39 is 50.1 Å². The Balaban J connectivity index is 0.000000211. The fourth-order valence-electron chi connectivity index (χ4n) is 14.6. The summed E-state index contributed by atoms with van der Waals surface area (Å²) in [5.74, 6) is 0. The second-order valence-corrected chi connectivity index (χ2v) is 52.6. The number of benzene rings is 12. The third-order valence-corrected chi connectivity index (χ3v) is 46.0. The van der Waals surface area contributed by atoms with Crippen LogP contribution in [0.25, 0.3) is 34.2 Å². The number of unbranched alkanes of at least 4 members (excludes halogenated alkanes) is 3. The second kappa shape index (κ2) is 61.6. The Kier molecular flexibility index (Phi) is 50.5. The first-order valence-corrected chi connectivity index (χ1v) is 57.2. The van der Waals surface area contributed by atoms with E-state index in [9.17, 15) is 0 Å². The van der Waals surface area contributed by atoms with Gasteiger partial charge in [0.1, 0.15) is 17.1 Å². The number of aromatic nitrogens is 8. The Labute approximate surface area is 822 Å². The molecule has 0 amide bonds. The number of nitrogens with zero attached hydrogens (tertiary/aromatic N) is 8. The molecule has 0 aliphatic rings. The Bertz CT molecular complexity index is 5160. The summed E-state index contributed by atoms with van der Waals surface area (Å²) in [6.45, 7) is 11.1. The van der Waals surface area contributed by atoms with E-state index in [0.29, 0.717) is 5.15 Å². The minimum absolute atomic E-state index is 0. The molecule has 0 N–H and O–H groups in total. The smallest absolute Gasteiger partial charge is 0.151 e. The number of hydrogen-bond acceptors (Lipinski definition) is 8. The Hall–Kier alpha value is -11.1. The first kappa shape index (κ1) is 109. The van der Waals surface area contributed by atoms with Crippen LogP contribution in [0.2, 0.25) is 18.5 Å². The molecule has 6 aromatic heterocycles. The molecule has 18 rings (SSSR count). The quantitative estimate of drug-likeness (QED) is 0.0412. The monoisotopic (exact) mass is 2040 g/mol. The summed E-state index contributed by atoms with van der Waals surface area (Å²) in [5, 5.41) is 33.2. The van der Waals surface area contributed by atoms with Crippen molar-refractivity contribution in [2.75, 3.05) is 0 Å². The van der Waals surface area contributed by atoms with Crippen LogP contribution in [0.5, 0.6) is 0 Å². The summed E-state index contributed by atoms with van der Waals surface area (Å²) >= 11 is 3.36. The van der Waals surface area contributed by atoms with Crippen LogP contribution >= 0.6 is 43.3 Å². The van der Waals surface area contributed by atoms with E-state index in [1.165, 1.54) is 121 Å². The first-order chi connectivity index (χ1) is 63.2. The van der Waals surface area contributed by atoms with Crippen molar-refractivity contribution >= 4 is 129 Å². The van der Waals surface area contributed by atoms with E-state index >= 15 is 0 Å². The van der Waals surface area contributed by atoms with E-state index in [2.05, 4.69) is 445 Å². The van der Waals surface area contributed by atoms with Gasteiger partial charge in [0.05, 0.1) is 17.1 Å². The van der Waals surface area contributed by atoms with Crippen LogP contribution in [0, 0.1) is 13.8 Å². The average Bonchev–Trinajstić information content (AvgIpc) is 0.763. The van der Waals surface area contributed by atoms with E-state index in [-0.39, 0.29) is 50.1 Å². The minimum Gasteiger partial charge on any atom is -0.255 e. The van der Waals surface area contributed by atoms with Crippen LogP contribution in [0.1, 0.15) is 100 Å². The largest absolute Gasteiger partial charge is 0.255 e. The van der Waals surface area contributed by atoms with Crippen molar-refractivity contribution in [1.82, 2.24) is 40.3 Å². The molecule has 12 aromatic carbocycles. The summed E-state index contributed by atoms with van der Waals surface area (Å²) in [6.07, 6.45) is 11.7. The van der Waals surface area contributed by atoms with E-state index in [0.717, 1.165) is 39.9 Å². The van der Waals surface area contributed by atoms with Crippen molar-refractivity contribution in [1.29, 1.82) is 0 Å². The zero-order chi connectivity index (χ0) is 88.7. The third kappa shape index (κ3) is 34.7. The third-order valence-electron chi connectivity index (χ3n) is 20.9. The molecule has 0 bridgehead atoms. The normalized spacial score (nSPS) is 10.3. The maximum absolute atomic E-state index is 5.61. The van der Waals surface area contributed by atoms with Crippen LogP contribution in [-0.4, -0.2) is 58.7 Å². The molecule has 6 heterocycles. The topological polar surface area (TPSA) is 103 Å². The molecule has 0 saturated carbocycles. The van der Waals surface area contributed by atoms with Crippen molar-refractivity contribution in [3.05, 3.63) is 490 Å². The predicted molar refractivity (Wildman–Crippen MR) is 585 cm³/mol. The Morgan fingerprint density at radius 1 is 0.218 bits per heavy atom. The van der Waals surface area contributed by atoms with Gasteiger partial charge in [-0.25, -0.2) is 0 Å². The van der Waals surface area contributed by atoms with Crippen molar-refractivity contribution in [3.8, 4) is 34.2 Å². The van der Waals surface area contributed by atoms with Crippen LogP contribution in [-0.2, 0) is 20.4 Å². The number of aryl methyl sites for hydroxylation is 2. The fraction of sp³-hybridized carbons (Fsp3) is 0.153. The molecule has 18 aromatic rings. The summed E-state index contributed by atoms with van der Waals surface area (Å²) in [6, 6.07) is 161. The number of pyridine rings is 4. The standard InChI is InChI=1S/4C18H15P.C15H12N4.C9H6ClN3.C6H6N.3C4H9.4CH4.Pd.Sn/c4*1-4-10-16(11-5-1)19(17-12-6-2-7-13-17)18-14-8-3-9-15-18;1-11-5-4-7-13(17-11)15-9-8-14(18-19-15)12-6-2-3-10-16-12;10-9-5-4-8(12-13-9)7-3-1-2-6-11-7;1-6-4-2-3-5-7-6;3*1-3-4-2;;;;;;/h4*1-15H;2-10H,1H3;1-6H;2-4H,1H3;3*1,3-4H2,2H3;4*1H4;;. The van der Waals surface area contributed by atoms with Gasteiger partial charge < -0.3 is 0 Å². The van der Waals surface area contributed by atoms with Crippen LogP contribution in [0.3, 0.4) is 0 Å². The molecule has 133 heavy (non-hydrogen) atoms. The maximum atomic E-state index is 5.61. The molecule has 8 nitrogen and oxygen atoms in total. The maximum Gasteiger partial charge on any atom is 0.151 e. The van der Waals surface area contributed by atoms with Gasteiger partial charge in [0.2, 0.25) is 0 Å². The van der Waals surface area contributed by atoms with Gasteiger partial charge >= 0.3 is 130 Å². The number of hydrogen-bond donors (Lipinski definition) is 0. The second-order valence-electron chi connectivity index (χ2n) is 30.3. The zero-order valence-electron chi connectivity index (χ0n) is 74.0. The molecule has 0 atom stereocenters. The molecule has 0 aliphatic carbocycles. The molecule has 0 spiro atoms.